The SMILES string of the molecule is CCCNCCc1ccc2c(c1)CCN2. The Labute approximate surface area is 92.1 Å². The zero-order valence-corrected chi connectivity index (χ0v) is 9.47. The summed E-state index contributed by atoms with van der Waals surface area (Å²) in [5.74, 6) is 0. The van der Waals surface area contributed by atoms with E-state index in [1.807, 2.05) is 0 Å². The monoisotopic (exact) mass is 204 g/mol. The van der Waals surface area contributed by atoms with Gasteiger partial charge < -0.3 is 10.6 Å². The molecule has 2 N–H and O–H groups in total. The van der Waals surface area contributed by atoms with Crippen molar-refractivity contribution in [2.24, 2.45) is 0 Å². The minimum atomic E-state index is 1.10. The van der Waals surface area contributed by atoms with Crippen LogP contribution in [0, 0.1) is 0 Å². The lowest BCUT2D eigenvalue weighted by atomic mass is 10.1. The average Bonchev–Trinajstić information content (AvgIpc) is 2.71. The predicted molar refractivity (Wildman–Crippen MR) is 65.5 cm³/mol. The molecule has 2 heteroatoms. The first-order chi connectivity index (χ1) is 7.40. The number of hydrogen-bond acceptors (Lipinski definition) is 2. The highest BCUT2D eigenvalue weighted by Gasteiger charge is 2.09. The number of anilines is 1. The number of nitrogens with one attached hydrogen (secondary N) is 2. The molecule has 1 heterocycles. The van der Waals surface area contributed by atoms with Crippen molar-refractivity contribution < 1.29 is 0 Å². The molecular formula is C13H20N2. The molecule has 1 aliphatic rings. The molecule has 82 valence electrons. The smallest absolute Gasteiger partial charge is 0.0373 e. The third-order valence-electron chi connectivity index (χ3n) is 2.90. The van der Waals surface area contributed by atoms with Gasteiger partial charge in [-0.2, -0.15) is 0 Å². The molecule has 0 aromatic heterocycles. The Balaban J connectivity index is 1.87. The van der Waals surface area contributed by atoms with Crippen molar-refractivity contribution in [2.45, 2.75) is 26.2 Å². The minimum Gasteiger partial charge on any atom is -0.384 e. The molecule has 0 aliphatic carbocycles. The maximum absolute atomic E-state index is 3.44. The van der Waals surface area contributed by atoms with Gasteiger partial charge in [-0.1, -0.05) is 19.1 Å². The molecule has 0 spiro atoms. The van der Waals surface area contributed by atoms with Crippen LogP contribution in [0.25, 0.3) is 0 Å². The second-order valence-corrected chi connectivity index (χ2v) is 4.17. The molecule has 0 unspecified atom stereocenters. The van der Waals surface area contributed by atoms with Gasteiger partial charge in [0, 0.05) is 12.2 Å². The lowest BCUT2D eigenvalue weighted by Gasteiger charge is -2.05. The van der Waals surface area contributed by atoms with E-state index in [0.717, 1.165) is 26.1 Å². The van der Waals surface area contributed by atoms with Gasteiger partial charge in [0.2, 0.25) is 0 Å². The van der Waals surface area contributed by atoms with Gasteiger partial charge in [-0.15, -0.1) is 0 Å². The van der Waals surface area contributed by atoms with Crippen LogP contribution in [-0.4, -0.2) is 19.6 Å². The summed E-state index contributed by atoms with van der Waals surface area (Å²) in [5, 5.41) is 6.82. The maximum Gasteiger partial charge on any atom is 0.0373 e. The molecule has 0 saturated heterocycles. The van der Waals surface area contributed by atoms with Crippen LogP contribution in [0.2, 0.25) is 0 Å². The van der Waals surface area contributed by atoms with Gasteiger partial charge in [-0.05, 0) is 49.5 Å². The quantitative estimate of drug-likeness (QED) is 0.718. The molecule has 15 heavy (non-hydrogen) atoms. The fourth-order valence-corrected chi connectivity index (χ4v) is 2.05. The van der Waals surface area contributed by atoms with Crippen LogP contribution in [-0.2, 0) is 12.8 Å². The Bertz CT molecular complexity index is 320. The van der Waals surface area contributed by atoms with E-state index in [-0.39, 0.29) is 0 Å². The van der Waals surface area contributed by atoms with Crippen molar-refractivity contribution in [2.75, 3.05) is 25.0 Å². The highest BCUT2D eigenvalue weighted by molar-refractivity contribution is 5.56. The predicted octanol–water partition coefficient (Wildman–Crippen LogP) is 2.20. The molecule has 0 bridgehead atoms. The topological polar surface area (TPSA) is 24.1 Å². The van der Waals surface area contributed by atoms with Crippen molar-refractivity contribution in [3.8, 4) is 0 Å². The molecule has 0 amide bonds. The summed E-state index contributed by atoms with van der Waals surface area (Å²) >= 11 is 0. The Kier molecular flexibility index (Phi) is 3.62. The van der Waals surface area contributed by atoms with Crippen LogP contribution in [0.3, 0.4) is 0 Å². The summed E-state index contributed by atoms with van der Waals surface area (Å²) in [6.07, 6.45) is 3.55. The molecule has 1 aromatic rings. The number of hydrogen-bond donors (Lipinski definition) is 2. The highest BCUT2D eigenvalue weighted by atomic mass is 14.9. The summed E-state index contributed by atoms with van der Waals surface area (Å²) in [4.78, 5) is 0. The third-order valence-corrected chi connectivity index (χ3v) is 2.90. The largest absolute Gasteiger partial charge is 0.384 e. The van der Waals surface area contributed by atoms with Crippen LogP contribution >= 0.6 is 0 Å². The van der Waals surface area contributed by atoms with E-state index in [2.05, 4.69) is 35.8 Å². The standard InChI is InChI=1S/C13H20N2/c1-2-7-14-8-5-11-3-4-13-12(10-11)6-9-15-13/h3-4,10,14-15H,2,5-9H2,1H3. The molecule has 0 atom stereocenters. The number of fused-ring (bicyclic) bond motifs is 1. The Hall–Kier alpha value is -1.02. The van der Waals surface area contributed by atoms with E-state index >= 15 is 0 Å². The van der Waals surface area contributed by atoms with E-state index in [0.29, 0.717) is 0 Å². The fourth-order valence-electron chi connectivity index (χ4n) is 2.05. The molecular weight excluding hydrogens is 184 g/mol. The minimum absolute atomic E-state index is 1.10. The highest BCUT2D eigenvalue weighted by Crippen LogP contribution is 2.22. The van der Waals surface area contributed by atoms with Gasteiger partial charge in [0.1, 0.15) is 0 Å². The summed E-state index contributed by atoms with van der Waals surface area (Å²) in [6, 6.07) is 6.81. The molecule has 1 aromatic carbocycles. The van der Waals surface area contributed by atoms with E-state index in [4.69, 9.17) is 0 Å². The lowest BCUT2D eigenvalue weighted by Crippen LogP contribution is -2.17. The normalized spacial score (nSPS) is 13.7. The van der Waals surface area contributed by atoms with E-state index in [1.54, 1.807) is 0 Å². The van der Waals surface area contributed by atoms with Gasteiger partial charge >= 0.3 is 0 Å². The Morgan fingerprint density at radius 1 is 1.33 bits per heavy atom. The summed E-state index contributed by atoms with van der Waals surface area (Å²) < 4.78 is 0. The first kappa shape index (κ1) is 10.5. The van der Waals surface area contributed by atoms with Crippen molar-refractivity contribution in [1.29, 1.82) is 0 Å². The van der Waals surface area contributed by atoms with Gasteiger partial charge in [0.15, 0.2) is 0 Å². The molecule has 2 nitrogen and oxygen atoms in total. The first-order valence-corrected chi connectivity index (χ1v) is 5.96. The second-order valence-electron chi connectivity index (χ2n) is 4.17. The van der Waals surface area contributed by atoms with Crippen LogP contribution in [0.4, 0.5) is 5.69 Å². The molecule has 0 radical (unpaired) electrons. The molecule has 1 aliphatic heterocycles. The van der Waals surface area contributed by atoms with Gasteiger partial charge in [0.25, 0.3) is 0 Å². The fraction of sp³-hybridized carbons (Fsp3) is 0.538. The van der Waals surface area contributed by atoms with Crippen LogP contribution in [0.1, 0.15) is 24.5 Å². The van der Waals surface area contributed by atoms with Crippen molar-refractivity contribution >= 4 is 5.69 Å². The summed E-state index contributed by atoms with van der Waals surface area (Å²) in [5.41, 5.74) is 4.28. The van der Waals surface area contributed by atoms with Crippen LogP contribution < -0.4 is 10.6 Å². The third kappa shape index (κ3) is 2.72. The van der Waals surface area contributed by atoms with Crippen LogP contribution in [0.15, 0.2) is 18.2 Å². The first-order valence-electron chi connectivity index (χ1n) is 5.96. The zero-order chi connectivity index (χ0) is 10.5. The number of rotatable bonds is 5. The van der Waals surface area contributed by atoms with Gasteiger partial charge in [0.05, 0.1) is 0 Å². The number of benzene rings is 1. The van der Waals surface area contributed by atoms with Crippen molar-refractivity contribution in [3.05, 3.63) is 29.3 Å². The van der Waals surface area contributed by atoms with E-state index < -0.39 is 0 Å². The summed E-state index contributed by atoms with van der Waals surface area (Å²) in [6.45, 7) is 5.54. The molecule has 2 rings (SSSR count). The van der Waals surface area contributed by atoms with Crippen molar-refractivity contribution in [3.63, 3.8) is 0 Å². The molecule has 0 fully saturated rings. The summed E-state index contributed by atoms with van der Waals surface area (Å²) in [7, 11) is 0. The lowest BCUT2D eigenvalue weighted by molar-refractivity contribution is 0.671. The molecule has 0 saturated carbocycles. The van der Waals surface area contributed by atoms with Gasteiger partial charge in [-0.3, -0.25) is 0 Å². The van der Waals surface area contributed by atoms with Crippen molar-refractivity contribution in [1.82, 2.24) is 5.32 Å². The van der Waals surface area contributed by atoms with E-state index in [9.17, 15) is 0 Å². The maximum atomic E-state index is 3.44. The average molecular weight is 204 g/mol. The second kappa shape index (κ2) is 5.17. The zero-order valence-electron chi connectivity index (χ0n) is 9.47. The Morgan fingerprint density at radius 2 is 2.27 bits per heavy atom. The van der Waals surface area contributed by atoms with Crippen LogP contribution in [0.5, 0.6) is 0 Å². The Morgan fingerprint density at radius 3 is 3.13 bits per heavy atom. The van der Waals surface area contributed by atoms with Gasteiger partial charge in [-0.25, -0.2) is 0 Å². The van der Waals surface area contributed by atoms with E-state index in [1.165, 1.54) is 29.7 Å².